The number of nitrogens with one attached hydrogen (secondary N) is 4. The summed E-state index contributed by atoms with van der Waals surface area (Å²) in [6.45, 7) is 2.08. The molecule has 27 heavy (non-hydrogen) atoms. The SMILES string of the molecule is N#Cc1cccc(C2C=C(C(=O)Nc3ccc(C4CCNC4)cc3)NN2)c1. The van der Waals surface area contributed by atoms with Gasteiger partial charge >= 0.3 is 0 Å². The number of amides is 1. The van der Waals surface area contributed by atoms with Gasteiger partial charge in [-0.25, -0.2) is 5.43 Å². The Morgan fingerprint density at radius 2 is 2.00 bits per heavy atom. The number of rotatable bonds is 4. The van der Waals surface area contributed by atoms with E-state index in [1.807, 2.05) is 36.4 Å². The first kappa shape index (κ1) is 17.3. The molecule has 0 radical (unpaired) electrons. The minimum atomic E-state index is -0.197. The van der Waals surface area contributed by atoms with Gasteiger partial charge in [0, 0.05) is 12.2 Å². The molecular weight excluding hydrogens is 338 g/mol. The monoisotopic (exact) mass is 359 g/mol. The number of carbonyl (C=O) groups is 1. The Hall–Kier alpha value is -3.14. The van der Waals surface area contributed by atoms with E-state index in [9.17, 15) is 4.79 Å². The van der Waals surface area contributed by atoms with Crippen molar-refractivity contribution < 1.29 is 4.79 Å². The Labute approximate surface area is 158 Å². The third-order valence-corrected chi connectivity index (χ3v) is 5.02. The maximum Gasteiger partial charge on any atom is 0.272 e. The molecule has 2 aromatic carbocycles. The van der Waals surface area contributed by atoms with E-state index in [0.717, 1.165) is 30.8 Å². The molecule has 0 saturated carbocycles. The summed E-state index contributed by atoms with van der Waals surface area (Å²) in [7, 11) is 0. The molecule has 2 aromatic rings. The zero-order valence-corrected chi connectivity index (χ0v) is 14.8. The van der Waals surface area contributed by atoms with E-state index < -0.39 is 0 Å². The number of hydrogen-bond donors (Lipinski definition) is 4. The maximum absolute atomic E-state index is 12.5. The number of nitrogens with zero attached hydrogens (tertiary/aromatic N) is 1. The lowest BCUT2D eigenvalue weighted by molar-refractivity contribution is -0.113. The predicted octanol–water partition coefficient (Wildman–Crippen LogP) is 2.31. The molecule has 2 atom stereocenters. The van der Waals surface area contributed by atoms with Crippen molar-refractivity contribution in [3.8, 4) is 6.07 Å². The molecule has 0 aromatic heterocycles. The molecular formula is C21H21N5O. The van der Waals surface area contributed by atoms with Gasteiger partial charge in [0.2, 0.25) is 0 Å². The highest BCUT2D eigenvalue weighted by Gasteiger charge is 2.22. The molecule has 4 N–H and O–H groups in total. The summed E-state index contributed by atoms with van der Waals surface area (Å²) in [5, 5.41) is 15.3. The molecule has 6 heteroatoms. The third-order valence-electron chi connectivity index (χ3n) is 5.02. The Morgan fingerprint density at radius 1 is 1.15 bits per heavy atom. The van der Waals surface area contributed by atoms with Gasteiger partial charge in [-0.1, -0.05) is 24.3 Å². The van der Waals surface area contributed by atoms with Crippen LogP contribution in [0.4, 0.5) is 5.69 Å². The Morgan fingerprint density at radius 3 is 2.74 bits per heavy atom. The molecule has 2 aliphatic rings. The second kappa shape index (κ2) is 7.62. The highest BCUT2D eigenvalue weighted by atomic mass is 16.2. The maximum atomic E-state index is 12.5. The standard InChI is InChI=1S/C21H21N5O/c22-12-14-2-1-3-16(10-14)19-11-20(26-25-19)21(27)24-18-6-4-15(5-7-18)17-8-9-23-13-17/h1-7,10-11,17,19,23,25-26H,8-9,13H2,(H,24,27). The highest BCUT2D eigenvalue weighted by Crippen LogP contribution is 2.24. The van der Waals surface area contributed by atoms with Crippen LogP contribution in [-0.4, -0.2) is 19.0 Å². The second-order valence-corrected chi connectivity index (χ2v) is 6.83. The summed E-state index contributed by atoms with van der Waals surface area (Å²) in [5.74, 6) is 0.361. The number of nitriles is 1. The molecule has 4 rings (SSSR count). The number of benzene rings is 2. The van der Waals surface area contributed by atoms with E-state index in [-0.39, 0.29) is 11.9 Å². The van der Waals surface area contributed by atoms with E-state index in [1.165, 1.54) is 5.56 Å². The van der Waals surface area contributed by atoms with Gasteiger partial charge in [0.15, 0.2) is 0 Å². The van der Waals surface area contributed by atoms with Gasteiger partial charge in [-0.05, 0) is 60.4 Å². The van der Waals surface area contributed by atoms with Crippen molar-refractivity contribution >= 4 is 11.6 Å². The Bertz CT molecular complexity index is 907. The minimum Gasteiger partial charge on any atom is -0.321 e. The van der Waals surface area contributed by atoms with Crippen LogP contribution in [0.5, 0.6) is 0 Å². The number of hydrazine groups is 1. The van der Waals surface area contributed by atoms with Gasteiger partial charge in [-0.2, -0.15) is 5.26 Å². The average molecular weight is 359 g/mol. The lowest BCUT2D eigenvalue weighted by Gasteiger charge is -2.11. The molecule has 0 spiro atoms. The minimum absolute atomic E-state index is 0.156. The summed E-state index contributed by atoms with van der Waals surface area (Å²) in [6, 6.07) is 17.4. The first-order valence-corrected chi connectivity index (χ1v) is 9.08. The van der Waals surface area contributed by atoms with Crippen molar-refractivity contribution in [2.75, 3.05) is 18.4 Å². The molecule has 1 fully saturated rings. The molecule has 136 valence electrons. The van der Waals surface area contributed by atoms with E-state index in [1.54, 1.807) is 6.07 Å². The van der Waals surface area contributed by atoms with Crippen molar-refractivity contribution in [2.45, 2.75) is 18.4 Å². The molecule has 1 amide bonds. The third kappa shape index (κ3) is 3.85. The van der Waals surface area contributed by atoms with Crippen LogP contribution in [0.25, 0.3) is 0 Å². The van der Waals surface area contributed by atoms with E-state index in [4.69, 9.17) is 5.26 Å². The zero-order valence-electron chi connectivity index (χ0n) is 14.8. The Balaban J connectivity index is 1.41. The first-order chi connectivity index (χ1) is 13.2. The van der Waals surface area contributed by atoms with Gasteiger partial charge in [-0.15, -0.1) is 0 Å². The van der Waals surface area contributed by atoms with Crippen LogP contribution in [-0.2, 0) is 4.79 Å². The van der Waals surface area contributed by atoms with Crippen LogP contribution in [0.1, 0.15) is 35.1 Å². The number of hydrogen-bond acceptors (Lipinski definition) is 5. The fraction of sp³-hybridized carbons (Fsp3) is 0.238. The van der Waals surface area contributed by atoms with Crippen molar-refractivity contribution in [2.24, 2.45) is 0 Å². The van der Waals surface area contributed by atoms with Crippen LogP contribution in [0.15, 0.2) is 60.3 Å². The topological polar surface area (TPSA) is 89.0 Å². The zero-order chi connectivity index (χ0) is 18.6. The van der Waals surface area contributed by atoms with Crippen molar-refractivity contribution in [3.63, 3.8) is 0 Å². The van der Waals surface area contributed by atoms with Crippen LogP contribution in [0, 0.1) is 11.3 Å². The fourth-order valence-corrected chi connectivity index (χ4v) is 3.50. The summed E-state index contributed by atoms with van der Waals surface area (Å²) < 4.78 is 0. The van der Waals surface area contributed by atoms with Gasteiger partial charge in [0.05, 0.1) is 17.7 Å². The highest BCUT2D eigenvalue weighted by molar-refractivity contribution is 6.03. The first-order valence-electron chi connectivity index (χ1n) is 9.08. The van der Waals surface area contributed by atoms with Gasteiger partial charge in [-0.3, -0.25) is 4.79 Å². The summed E-state index contributed by atoms with van der Waals surface area (Å²) in [4.78, 5) is 12.5. The molecule has 2 aliphatic heterocycles. The molecule has 2 unspecified atom stereocenters. The largest absolute Gasteiger partial charge is 0.321 e. The molecule has 6 nitrogen and oxygen atoms in total. The lowest BCUT2D eigenvalue weighted by Crippen LogP contribution is -2.31. The van der Waals surface area contributed by atoms with Crippen LogP contribution >= 0.6 is 0 Å². The van der Waals surface area contributed by atoms with Crippen molar-refractivity contribution in [3.05, 3.63) is 77.0 Å². The average Bonchev–Trinajstić information content (AvgIpc) is 3.41. The number of anilines is 1. The van der Waals surface area contributed by atoms with Gasteiger partial charge < -0.3 is 16.1 Å². The number of carbonyl (C=O) groups excluding carboxylic acids is 1. The predicted molar refractivity (Wildman–Crippen MR) is 104 cm³/mol. The summed E-state index contributed by atoms with van der Waals surface area (Å²) >= 11 is 0. The lowest BCUT2D eigenvalue weighted by atomic mass is 9.98. The van der Waals surface area contributed by atoms with Crippen LogP contribution < -0.4 is 21.5 Å². The van der Waals surface area contributed by atoms with E-state index in [0.29, 0.717) is 17.2 Å². The van der Waals surface area contributed by atoms with Gasteiger partial charge in [0.25, 0.3) is 5.91 Å². The van der Waals surface area contributed by atoms with Crippen molar-refractivity contribution in [1.29, 1.82) is 5.26 Å². The quantitative estimate of drug-likeness (QED) is 0.673. The van der Waals surface area contributed by atoms with E-state index in [2.05, 4.69) is 39.7 Å². The molecule has 1 saturated heterocycles. The molecule has 2 heterocycles. The molecule has 0 aliphatic carbocycles. The normalized spacial score (nSPS) is 21.2. The van der Waals surface area contributed by atoms with Crippen LogP contribution in [0.2, 0.25) is 0 Å². The van der Waals surface area contributed by atoms with Crippen LogP contribution in [0.3, 0.4) is 0 Å². The van der Waals surface area contributed by atoms with Gasteiger partial charge in [0.1, 0.15) is 5.70 Å². The summed E-state index contributed by atoms with van der Waals surface area (Å²) in [5.41, 5.74) is 10.1. The smallest absolute Gasteiger partial charge is 0.272 e. The van der Waals surface area contributed by atoms with Crippen molar-refractivity contribution in [1.82, 2.24) is 16.2 Å². The summed E-state index contributed by atoms with van der Waals surface area (Å²) in [6.07, 6.45) is 2.98. The Kier molecular flexibility index (Phi) is 4.88. The fourth-order valence-electron chi connectivity index (χ4n) is 3.50. The second-order valence-electron chi connectivity index (χ2n) is 6.83. The molecule has 0 bridgehead atoms. The van der Waals surface area contributed by atoms with E-state index >= 15 is 0 Å².